The molecular weight excluding hydrogens is 362 g/mol. The number of esters is 1. The van der Waals surface area contributed by atoms with Crippen molar-refractivity contribution in [3.63, 3.8) is 0 Å². The summed E-state index contributed by atoms with van der Waals surface area (Å²) in [7, 11) is 0. The Bertz CT molecular complexity index is 643. The van der Waals surface area contributed by atoms with Crippen LogP contribution in [-0.2, 0) is 4.74 Å². The number of urea groups is 1. The van der Waals surface area contributed by atoms with Gasteiger partial charge in [-0.1, -0.05) is 15.9 Å². The van der Waals surface area contributed by atoms with Gasteiger partial charge in [-0.25, -0.2) is 9.59 Å². The van der Waals surface area contributed by atoms with Crippen molar-refractivity contribution in [3.8, 4) is 0 Å². The Hall–Kier alpha value is -1.60. The largest absolute Gasteiger partial charge is 0.462 e. The third kappa shape index (κ3) is 2.83. The van der Waals surface area contributed by atoms with Crippen LogP contribution in [0.15, 0.2) is 22.7 Å². The topological polar surface area (TPSA) is 84.7 Å². The fourth-order valence-electron chi connectivity index (χ4n) is 3.58. The van der Waals surface area contributed by atoms with Crippen molar-refractivity contribution in [1.82, 2.24) is 4.90 Å². The van der Waals surface area contributed by atoms with Crippen molar-refractivity contribution < 1.29 is 14.3 Å². The summed E-state index contributed by atoms with van der Waals surface area (Å²) in [5, 5.41) is 2.84. The third-order valence-electron chi connectivity index (χ3n) is 4.69. The van der Waals surface area contributed by atoms with Gasteiger partial charge in [0.25, 0.3) is 0 Å². The first-order valence-electron chi connectivity index (χ1n) is 7.74. The second kappa shape index (κ2) is 6.13. The summed E-state index contributed by atoms with van der Waals surface area (Å²) >= 11 is 3.34. The number of carbonyl (C=O) groups excluding carboxylic acids is 2. The lowest BCUT2D eigenvalue weighted by Gasteiger charge is -2.41. The molecular formula is C16H20BrN3O3. The normalized spacial score (nSPS) is 25.0. The Labute approximate surface area is 143 Å². The third-order valence-corrected chi connectivity index (χ3v) is 5.19. The van der Waals surface area contributed by atoms with E-state index in [1.54, 1.807) is 25.1 Å². The summed E-state index contributed by atoms with van der Waals surface area (Å²) in [6, 6.07) is 4.92. The number of halogens is 1. The number of anilines is 1. The van der Waals surface area contributed by atoms with Crippen molar-refractivity contribution in [2.24, 2.45) is 11.7 Å². The van der Waals surface area contributed by atoms with E-state index in [0.717, 1.165) is 23.9 Å². The molecule has 2 aliphatic heterocycles. The van der Waals surface area contributed by atoms with Crippen LogP contribution < -0.4 is 11.1 Å². The van der Waals surface area contributed by atoms with Crippen molar-refractivity contribution in [3.05, 3.63) is 28.2 Å². The first-order valence-corrected chi connectivity index (χ1v) is 8.54. The van der Waals surface area contributed by atoms with Gasteiger partial charge in [0.2, 0.25) is 0 Å². The Morgan fingerprint density at radius 3 is 2.87 bits per heavy atom. The summed E-state index contributed by atoms with van der Waals surface area (Å²) in [6.07, 6.45) is 1.95. The van der Waals surface area contributed by atoms with Gasteiger partial charge in [-0.05, 0) is 43.9 Å². The highest BCUT2D eigenvalue weighted by Crippen LogP contribution is 2.49. The molecule has 124 valence electrons. The van der Waals surface area contributed by atoms with Gasteiger partial charge in [-0.15, -0.1) is 0 Å². The summed E-state index contributed by atoms with van der Waals surface area (Å²) in [5.41, 5.74) is 6.45. The molecule has 2 heterocycles. The maximum Gasteiger partial charge on any atom is 0.340 e. The van der Waals surface area contributed by atoms with Gasteiger partial charge >= 0.3 is 12.0 Å². The predicted molar refractivity (Wildman–Crippen MR) is 90.3 cm³/mol. The standard InChI is InChI=1S/C16H20BrN3O3/c1-2-23-14(21)12-5-11(17)3-4-13(12)19-15(22)20-8-10-6-16(20,7-10)9-18/h3-5,10H,2,6-9,18H2,1H3,(H,19,22). The zero-order chi connectivity index (χ0) is 16.6. The minimum atomic E-state index is -0.455. The number of rotatable bonds is 4. The summed E-state index contributed by atoms with van der Waals surface area (Å²) in [5.74, 6) is 0.0992. The lowest BCUT2D eigenvalue weighted by atomic mass is 9.73. The quantitative estimate of drug-likeness (QED) is 0.784. The lowest BCUT2D eigenvalue weighted by molar-refractivity contribution is 0.0527. The zero-order valence-corrected chi connectivity index (χ0v) is 14.6. The number of carbonyl (C=O) groups is 2. The van der Waals surface area contributed by atoms with E-state index >= 15 is 0 Å². The van der Waals surface area contributed by atoms with E-state index in [1.807, 2.05) is 4.90 Å². The average Bonchev–Trinajstić information content (AvgIpc) is 3.04. The molecule has 1 aliphatic carbocycles. The Kier molecular flexibility index (Phi) is 4.33. The van der Waals surface area contributed by atoms with E-state index in [9.17, 15) is 9.59 Å². The van der Waals surface area contributed by atoms with Crippen molar-refractivity contribution >= 4 is 33.6 Å². The van der Waals surface area contributed by atoms with Crippen LogP contribution in [0.3, 0.4) is 0 Å². The van der Waals surface area contributed by atoms with Crippen molar-refractivity contribution in [2.45, 2.75) is 25.3 Å². The highest BCUT2D eigenvalue weighted by Gasteiger charge is 2.56. The molecule has 2 bridgehead atoms. The van der Waals surface area contributed by atoms with E-state index in [0.29, 0.717) is 23.7 Å². The number of nitrogens with zero attached hydrogens (tertiary/aromatic N) is 1. The molecule has 3 N–H and O–H groups in total. The van der Waals surface area contributed by atoms with Crippen LogP contribution in [0.25, 0.3) is 0 Å². The molecule has 3 aliphatic rings. The molecule has 2 amide bonds. The number of fused-ring (bicyclic) bond motifs is 1. The van der Waals surface area contributed by atoms with E-state index in [1.165, 1.54) is 0 Å². The van der Waals surface area contributed by atoms with Gasteiger partial charge < -0.3 is 20.7 Å². The van der Waals surface area contributed by atoms with Crippen LogP contribution in [0.4, 0.5) is 10.5 Å². The molecule has 3 fully saturated rings. The first kappa shape index (κ1) is 16.3. The molecule has 2 saturated heterocycles. The average molecular weight is 382 g/mol. The minimum Gasteiger partial charge on any atom is -0.462 e. The van der Waals surface area contributed by atoms with Crippen LogP contribution in [-0.4, -0.2) is 42.1 Å². The van der Waals surface area contributed by atoms with E-state index < -0.39 is 5.97 Å². The predicted octanol–water partition coefficient (Wildman–Crippen LogP) is 2.58. The molecule has 6 nitrogen and oxygen atoms in total. The molecule has 0 unspecified atom stereocenters. The molecule has 0 radical (unpaired) electrons. The second-order valence-electron chi connectivity index (χ2n) is 6.15. The Morgan fingerprint density at radius 2 is 2.22 bits per heavy atom. The number of hydrogen-bond donors (Lipinski definition) is 2. The molecule has 23 heavy (non-hydrogen) atoms. The smallest absolute Gasteiger partial charge is 0.340 e. The van der Waals surface area contributed by atoms with E-state index in [4.69, 9.17) is 10.5 Å². The molecule has 0 atom stereocenters. The van der Waals surface area contributed by atoms with Crippen molar-refractivity contribution in [2.75, 3.05) is 25.0 Å². The van der Waals surface area contributed by atoms with Gasteiger partial charge in [-0.2, -0.15) is 0 Å². The Morgan fingerprint density at radius 1 is 1.48 bits per heavy atom. The highest BCUT2D eigenvalue weighted by atomic mass is 79.9. The molecule has 1 saturated carbocycles. The van der Waals surface area contributed by atoms with Crippen LogP contribution in [0.1, 0.15) is 30.1 Å². The fourth-order valence-corrected chi connectivity index (χ4v) is 3.94. The SMILES string of the molecule is CCOC(=O)c1cc(Br)ccc1NC(=O)N1CC2CC1(CN)C2. The summed E-state index contributed by atoms with van der Waals surface area (Å²) < 4.78 is 5.81. The lowest BCUT2D eigenvalue weighted by Crippen LogP contribution is -2.54. The van der Waals surface area contributed by atoms with E-state index in [-0.39, 0.29) is 18.2 Å². The van der Waals surface area contributed by atoms with Crippen LogP contribution >= 0.6 is 15.9 Å². The maximum absolute atomic E-state index is 12.6. The summed E-state index contributed by atoms with van der Waals surface area (Å²) in [4.78, 5) is 26.5. The number of hydrogen-bond acceptors (Lipinski definition) is 4. The summed E-state index contributed by atoms with van der Waals surface area (Å²) in [6.45, 7) is 3.23. The number of nitrogens with one attached hydrogen (secondary N) is 1. The van der Waals surface area contributed by atoms with Gasteiger partial charge in [0.1, 0.15) is 0 Å². The van der Waals surface area contributed by atoms with Crippen LogP contribution in [0.5, 0.6) is 0 Å². The molecule has 0 spiro atoms. The van der Waals surface area contributed by atoms with Crippen LogP contribution in [0, 0.1) is 5.92 Å². The molecule has 4 rings (SSSR count). The minimum absolute atomic E-state index is 0.200. The number of benzene rings is 1. The maximum atomic E-state index is 12.6. The monoisotopic (exact) mass is 381 g/mol. The van der Waals surface area contributed by atoms with Gasteiger partial charge in [0.15, 0.2) is 0 Å². The zero-order valence-electron chi connectivity index (χ0n) is 13.0. The highest BCUT2D eigenvalue weighted by molar-refractivity contribution is 9.10. The number of amides is 2. The second-order valence-corrected chi connectivity index (χ2v) is 7.07. The fraction of sp³-hybridized carbons (Fsp3) is 0.500. The van der Waals surface area contributed by atoms with Gasteiger partial charge in [-0.3, -0.25) is 0 Å². The van der Waals surface area contributed by atoms with Gasteiger partial charge in [0, 0.05) is 17.6 Å². The molecule has 0 aromatic heterocycles. The van der Waals surface area contributed by atoms with Gasteiger partial charge in [0.05, 0.1) is 23.4 Å². The van der Waals surface area contributed by atoms with E-state index in [2.05, 4.69) is 21.2 Å². The van der Waals surface area contributed by atoms with Crippen molar-refractivity contribution in [1.29, 1.82) is 0 Å². The number of nitrogens with two attached hydrogens (primary N) is 1. The van der Waals surface area contributed by atoms with Crippen LogP contribution in [0.2, 0.25) is 0 Å². The molecule has 1 aromatic carbocycles. The molecule has 1 aromatic rings. The number of ether oxygens (including phenoxy) is 1. The molecule has 7 heteroatoms. The Balaban J connectivity index is 1.80. The first-order chi connectivity index (χ1) is 11.0.